The number of carbonyl (C=O) groups is 1. The molecule has 0 aliphatic heterocycles. The van der Waals surface area contributed by atoms with Crippen LogP contribution in [0.15, 0.2) is 73.3 Å². The Bertz CT molecular complexity index is 1120. The SMILES string of the molecule is C[C@@H](OC(=O)Cc1cccc2ccccc12)c1c(F)cccc1-n1cncn1. The van der Waals surface area contributed by atoms with Crippen molar-refractivity contribution in [1.29, 1.82) is 0 Å². The molecule has 0 aliphatic rings. The highest BCUT2D eigenvalue weighted by molar-refractivity contribution is 5.89. The number of hydrogen-bond donors (Lipinski definition) is 0. The highest BCUT2D eigenvalue weighted by Gasteiger charge is 2.21. The van der Waals surface area contributed by atoms with E-state index >= 15 is 0 Å². The van der Waals surface area contributed by atoms with Crippen LogP contribution in [0.3, 0.4) is 0 Å². The summed E-state index contributed by atoms with van der Waals surface area (Å²) in [6, 6.07) is 18.3. The highest BCUT2D eigenvalue weighted by Crippen LogP contribution is 2.27. The number of fused-ring (bicyclic) bond motifs is 1. The van der Waals surface area contributed by atoms with E-state index in [0.29, 0.717) is 5.69 Å². The van der Waals surface area contributed by atoms with Crippen LogP contribution in [-0.2, 0) is 16.0 Å². The molecule has 3 aromatic carbocycles. The Balaban J connectivity index is 1.57. The zero-order valence-electron chi connectivity index (χ0n) is 15.2. The predicted octanol–water partition coefficient (Wildman–Crippen LogP) is 4.41. The van der Waals surface area contributed by atoms with E-state index in [1.165, 1.54) is 23.4 Å². The van der Waals surface area contributed by atoms with Crippen molar-refractivity contribution < 1.29 is 13.9 Å². The second-order valence-corrected chi connectivity index (χ2v) is 6.46. The van der Waals surface area contributed by atoms with Gasteiger partial charge in [0.2, 0.25) is 0 Å². The lowest BCUT2D eigenvalue weighted by Crippen LogP contribution is -2.15. The molecule has 6 heteroatoms. The summed E-state index contributed by atoms with van der Waals surface area (Å²) >= 11 is 0. The Hall–Kier alpha value is -3.54. The van der Waals surface area contributed by atoms with E-state index in [0.717, 1.165) is 16.3 Å². The first kappa shape index (κ1) is 17.9. The standard InChI is InChI=1S/C22H18FN3O2/c1-15(22-19(23)10-5-11-20(22)26-14-24-13-25-26)28-21(27)12-17-8-4-7-16-6-2-3-9-18(16)17/h2-11,13-15H,12H2,1H3/t15-/m1/s1. The average molecular weight is 375 g/mol. The van der Waals surface area contributed by atoms with Crippen molar-refractivity contribution in [2.24, 2.45) is 0 Å². The number of rotatable bonds is 5. The number of nitrogens with zero attached hydrogens (tertiary/aromatic N) is 3. The Kier molecular flexibility index (Phi) is 4.85. The van der Waals surface area contributed by atoms with Gasteiger partial charge in [0.1, 0.15) is 24.6 Å². The van der Waals surface area contributed by atoms with Gasteiger partial charge in [-0.1, -0.05) is 48.5 Å². The fourth-order valence-electron chi connectivity index (χ4n) is 3.36. The van der Waals surface area contributed by atoms with Gasteiger partial charge in [-0.3, -0.25) is 4.79 Å². The maximum atomic E-state index is 14.5. The average Bonchev–Trinajstić information content (AvgIpc) is 3.22. The third kappa shape index (κ3) is 3.49. The Labute approximate surface area is 161 Å². The number of benzene rings is 3. The van der Waals surface area contributed by atoms with Crippen molar-refractivity contribution >= 4 is 16.7 Å². The van der Waals surface area contributed by atoms with Gasteiger partial charge in [-0.2, -0.15) is 5.10 Å². The van der Waals surface area contributed by atoms with Gasteiger partial charge in [0.05, 0.1) is 17.7 Å². The van der Waals surface area contributed by atoms with Crippen molar-refractivity contribution in [3.8, 4) is 5.69 Å². The monoisotopic (exact) mass is 375 g/mol. The summed E-state index contributed by atoms with van der Waals surface area (Å²) in [5, 5.41) is 6.11. The summed E-state index contributed by atoms with van der Waals surface area (Å²) in [5.41, 5.74) is 1.63. The molecule has 0 radical (unpaired) electrons. The zero-order chi connectivity index (χ0) is 19.5. The summed E-state index contributed by atoms with van der Waals surface area (Å²) < 4.78 is 21.5. The van der Waals surface area contributed by atoms with Gasteiger partial charge in [-0.15, -0.1) is 0 Å². The molecule has 0 saturated heterocycles. The largest absolute Gasteiger partial charge is 0.457 e. The summed E-state index contributed by atoms with van der Waals surface area (Å²) in [6.45, 7) is 1.65. The Morgan fingerprint density at radius 3 is 2.71 bits per heavy atom. The number of aromatic nitrogens is 3. The van der Waals surface area contributed by atoms with Crippen molar-refractivity contribution in [1.82, 2.24) is 14.8 Å². The molecule has 0 aliphatic carbocycles. The molecule has 0 amide bonds. The summed E-state index contributed by atoms with van der Waals surface area (Å²) in [6.07, 6.45) is 2.18. The maximum Gasteiger partial charge on any atom is 0.310 e. The van der Waals surface area contributed by atoms with Gasteiger partial charge in [0.25, 0.3) is 0 Å². The number of halogens is 1. The molecule has 1 heterocycles. The van der Waals surface area contributed by atoms with Crippen LogP contribution in [0.1, 0.15) is 24.2 Å². The third-order valence-corrected chi connectivity index (χ3v) is 4.62. The number of hydrogen-bond acceptors (Lipinski definition) is 4. The van der Waals surface area contributed by atoms with Crippen LogP contribution in [0.2, 0.25) is 0 Å². The Morgan fingerprint density at radius 2 is 1.89 bits per heavy atom. The molecule has 140 valence electrons. The van der Waals surface area contributed by atoms with E-state index < -0.39 is 17.9 Å². The summed E-state index contributed by atoms with van der Waals surface area (Å²) in [7, 11) is 0. The van der Waals surface area contributed by atoms with E-state index in [2.05, 4.69) is 10.1 Å². The van der Waals surface area contributed by atoms with Crippen LogP contribution in [0, 0.1) is 5.82 Å². The summed E-state index contributed by atoms with van der Waals surface area (Å²) in [4.78, 5) is 16.5. The van der Waals surface area contributed by atoms with E-state index in [9.17, 15) is 9.18 Å². The van der Waals surface area contributed by atoms with Crippen LogP contribution in [-0.4, -0.2) is 20.7 Å². The molecule has 0 fully saturated rings. The first-order chi connectivity index (χ1) is 13.6. The molecule has 1 aromatic heterocycles. The lowest BCUT2D eigenvalue weighted by Gasteiger charge is -2.18. The van der Waals surface area contributed by atoms with Gasteiger partial charge < -0.3 is 4.74 Å². The van der Waals surface area contributed by atoms with Gasteiger partial charge in [-0.25, -0.2) is 14.1 Å². The molecule has 5 nitrogen and oxygen atoms in total. The first-order valence-electron chi connectivity index (χ1n) is 8.93. The predicted molar refractivity (Wildman–Crippen MR) is 103 cm³/mol. The number of ether oxygens (including phenoxy) is 1. The van der Waals surface area contributed by atoms with Crippen LogP contribution in [0.4, 0.5) is 4.39 Å². The topological polar surface area (TPSA) is 57.0 Å². The second kappa shape index (κ2) is 7.60. The smallest absolute Gasteiger partial charge is 0.310 e. The van der Waals surface area contributed by atoms with E-state index in [1.807, 2.05) is 42.5 Å². The third-order valence-electron chi connectivity index (χ3n) is 4.62. The molecule has 4 aromatic rings. The minimum atomic E-state index is -0.775. The van der Waals surface area contributed by atoms with Crippen LogP contribution in [0.5, 0.6) is 0 Å². The fraction of sp³-hybridized carbons (Fsp3) is 0.136. The molecule has 0 N–H and O–H groups in total. The highest BCUT2D eigenvalue weighted by atomic mass is 19.1. The van der Waals surface area contributed by atoms with Gasteiger partial charge in [0, 0.05) is 0 Å². The number of carbonyl (C=O) groups excluding carboxylic acids is 1. The normalized spacial score (nSPS) is 12.1. The lowest BCUT2D eigenvalue weighted by molar-refractivity contribution is -0.147. The van der Waals surface area contributed by atoms with Crippen molar-refractivity contribution in [3.05, 3.63) is 90.3 Å². The van der Waals surface area contributed by atoms with Crippen molar-refractivity contribution in [2.45, 2.75) is 19.4 Å². The molecule has 0 bridgehead atoms. The minimum Gasteiger partial charge on any atom is -0.457 e. The molecule has 1 atom stereocenters. The van der Waals surface area contributed by atoms with Crippen LogP contribution >= 0.6 is 0 Å². The summed E-state index contributed by atoms with van der Waals surface area (Å²) in [5.74, 6) is -0.880. The molecule has 0 spiro atoms. The number of esters is 1. The fourth-order valence-corrected chi connectivity index (χ4v) is 3.36. The van der Waals surface area contributed by atoms with E-state index in [1.54, 1.807) is 19.1 Å². The van der Waals surface area contributed by atoms with E-state index in [-0.39, 0.29) is 12.0 Å². The maximum absolute atomic E-state index is 14.5. The van der Waals surface area contributed by atoms with Crippen molar-refractivity contribution in [2.75, 3.05) is 0 Å². The van der Waals surface area contributed by atoms with Crippen LogP contribution in [0.25, 0.3) is 16.5 Å². The van der Waals surface area contributed by atoms with Crippen LogP contribution < -0.4 is 0 Å². The second-order valence-electron chi connectivity index (χ2n) is 6.46. The molecular formula is C22H18FN3O2. The molecular weight excluding hydrogens is 357 g/mol. The minimum absolute atomic E-state index is 0.110. The van der Waals surface area contributed by atoms with E-state index in [4.69, 9.17) is 4.74 Å². The molecule has 0 unspecified atom stereocenters. The molecule has 0 saturated carbocycles. The quantitative estimate of drug-likeness (QED) is 0.485. The zero-order valence-corrected chi connectivity index (χ0v) is 15.2. The Morgan fingerprint density at radius 1 is 1.11 bits per heavy atom. The van der Waals surface area contributed by atoms with Gasteiger partial charge >= 0.3 is 5.97 Å². The van der Waals surface area contributed by atoms with Gasteiger partial charge in [-0.05, 0) is 35.4 Å². The van der Waals surface area contributed by atoms with Crippen molar-refractivity contribution in [3.63, 3.8) is 0 Å². The molecule has 28 heavy (non-hydrogen) atoms. The van der Waals surface area contributed by atoms with Gasteiger partial charge in [0.15, 0.2) is 0 Å². The first-order valence-corrected chi connectivity index (χ1v) is 8.93. The molecule has 4 rings (SSSR count). The lowest BCUT2D eigenvalue weighted by atomic mass is 10.0.